The first-order valence-corrected chi connectivity index (χ1v) is 4.96. The summed E-state index contributed by atoms with van der Waals surface area (Å²) in [5.41, 5.74) is -0.411. The van der Waals surface area contributed by atoms with Crippen LogP contribution in [0.15, 0.2) is 23.4 Å². The van der Waals surface area contributed by atoms with E-state index in [0.717, 1.165) is 12.3 Å². The van der Waals surface area contributed by atoms with Gasteiger partial charge in [0.15, 0.2) is 5.03 Å². The van der Waals surface area contributed by atoms with Gasteiger partial charge in [-0.05, 0) is 12.1 Å². The fraction of sp³-hybridized carbons (Fsp3) is 0.143. The highest BCUT2D eigenvalue weighted by Gasteiger charge is 2.19. The van der Waals surface area contributed by atoms with E-state index in [2.05, 4.69) is 4.98 Å². The summed E-state index contributed by atoms with van der Waals surface area (Å²) < 4.78 is 42.8. The predicted octanol–water partition coefficient (Wildman–Crippen LogP) is -0.911. The molecule has 14 heavy (non-hydrogen) atoms. The van der Waals surface area contributed by atoms with Crippen LogP contribution in [0.3, 0.4) is 0 Å². The number of primary sulfonamides is 1. The Balaban J connectivity index is 3.20. The average molecular weight is 218 g/mol. The minimum Gasteiger partial charge on any atom is -0.355 e. The van der Waals surface area contributed by atoms with Gasteiger partial charge in [0, 0.05) is 17.3 Å². The second-order valence-electron chi connectivity index (χ2n) is 2.36. The second-order valence-corrected chi connectivity index (χ2v) is 3.83. The second kappa shape index (κ2) is 3.72. The van der Waals surface area contributed by atoms with Crippen LogP contribution in [0.25, 0.3) is 0 Å². The summed E-state index contributed by atoms with van der Waals surface area (Å²) in [5.74, 6) is -1.08. The van der Waals surface area contributed by atoms with Gasteiger partial charge in [-0.25, -0.2) is 18.5 Å². The molecule has 1 amide bonds. The number of carbonyl (C=O) groups is 1. The summed E-state index contributed by atoms with van der Waals surface area (Å²) in [5, 5.41) is 5.83. The Morgan fingerprint density at radius 1 is 1.71 bits per heavy atom. The van der Waals surface area contributed by atoms with E-state index in [0.29, 0.717) is 0 Å². The Kier molecular flexibility index (Phi) is 1.84. The molecule has 3 N–H and O–H groups in total. The summed E-state index contributed by atoms with van der Waals surface area (Å²) in [6.07, 6.45) is 1.13. The molecule has 0 saturated carbocycles. The number of rotatable bonds is 2. The molecule has 0 aromatic carbocycles. The molecule has 0 spiro atoms. The minimum atomic E-state index is -4.19. The van der Waals surface area contributed by atoms with E-state index in [9.17, 15) is 13.2 Å². The van der Waals surface area contributed by atoms with Crippen LogP contribution in [-0.2, 0) is 10.0 Å². The highest BCUT2D eigenvalue weighted by molar-refractivity contribution is 7.89. The van der Waals surface area contributed by atoms with E-state index in [4.69, 9.17) is 9.25 Å². The maximum Gasteiger partial charge on any atom is 0.256 e. The SMILES string of the molecule is [2H]C([2H])([2H])NC(=O)c1cccnc1S(N)(=O)=O. The largest absolute Gasteiger partial charge is 0.355 e. The third-order valence-electron chi connectivity index (χ3n) is 1.40. The van der Waals surface area contributed by atoms with Crippen molar-refractivity contribution in [2.45, 2.75) is 5.03 Å². The quantitative estimate of drug-likeness (QED) is 0.670. The lowest BCUT2D eigenvalue weighted by molar-refractivity contribution is 0.0959. The van der Waals surface area contributed by atoms with Gasteiger partial charge < -0.3 is 5.32 Å². The van der Waals surface area contributed by atoms with E-state index in [1.54, 1.807) is 5.32 Å². The molecule has 1 rings (SSSR count). The van der Waals surface area contributed by atoms with Gasteiger partial charge in [-0.3, -0.25) is 4.79 Å². The van der Waals surface area contributed by atoms with E-state index >= 15 is 0 Å². The van der Waals surface area contributed by atoms with Crippen molar-refractivity contribution in [3.63, 3.8) is 0 Å². The number of carbonyl (C=O) groups excluding carboxylic acids is 1. The summed E-state index contributed by atoms with van der Waals surface area (Å²) >= 11 is 0. The molecule has 0 saturated heterocycles. The van der Waals surface area contributed by atoms with Crippen molar-refractivity contribution >= 4 is 15.9 Å². The molecular formula is C7H9N3O3S. The average Bonchev–Trinajstić information content (AvgIpc) is 2.13. The van der Waals surface area contributed by atoms with Crippen LogP contribution in [0.5, 0.6) is 0 Å². The normalized spacial score (nSPS) is 15.1. The Hall–Kier alpha value is -1.47. The number of aromatic nitrogens is 1. The van der Waals surface area contributed by atoms with Crippen molar-refractivity contribution in [3.8, 4) is 0 Å². The zero-order valence-corrected chi connectivity index (χ0v) is 7.71. The van der Waals surface area contributed by atoms with Crippen LogP contribution in [0.1, 0.15) is 14.5 Å². The molecule has 0 aliphatic carbocycles. The van der Waals surface area contributed by atoms with Crippen molar-refractivity contribution in [2.24, 2.45) is 5.14 Å². The van der Waals surface area contributed by atoms with Crippen molar-refractivity contribution in [1.82, 2.24) is 10.3 Å². The lowest BCUT2D eigenvalue weighted by atomic mass is 10.3. The first-order chi connectivity index (χ1) is 7.61. The molecular weight excluding hydrogens is 206 g/mol. The number of hydrogen-bond donors (Lipinski definition) is 2. The van der Waals surface area contributed by atoms with Crippen molar-refractivity contribution < 1.29 is 17.3 Å². The van der Waals surface area contributed by atoms with Crippen LogP contribution in [0.4, 0.5) is 0 Å². The molecule has 0 bridgehead atoms. The zero-order valence-electron chi connectivity index (χ0n) is 9.89. The van der Waals surface area contributed by atoms with Crippen molar-refractivity contribution in [2.75, 3.05) is 6.98 Å². The van der Waals surface area contributed by atoms with Crippen LogP contribution in [0.2, 0.25) is 0 Å². The van der Waals surface area contributed by atoms with Crippen molar-refractivity contribution in [1.29, 1.82) is 0 Å². The molecule has 0 aliphatic heterocycles. The first-order valence-electron chi connectivity index (χ1n) is 4.91. The van der Waals surface area contributed by atoms with Gasteiger partial charge in [-0.1, -0.05) is 0 Å². The Morgan fingerprint density at radius 2 is 2.43 bits per heavy atom. The number of amides is 1. The fourth-order valence-corrected chi connectivity index (χ4v) is 1.53. The first kappa shape index (κ1) is 6.91. The fourth-order valence-electron chi connectivity index (χ4n) is 0.858. The van der Waals surface area contributed by atoms with Gasteiger partial charge in [0.05, 0.1) is 5.56 Å². The highest BCUT2D eigenvalue weighted by Crippen LogP contribution is 2.09. The number of nitrogens with two attached hydrogens (primary N) is 1. The summed E-state index contributed by atoms with van der Waals surface area (Å²) in [6.45, 7) is -2.72. The minimum absolute atomic E-state index is 0.411. The van der Waals surface area contributed by atoms with Crippen LogP contribution in [-0.4, -0.2) is 26.3 Å². The standard InChI is InChI=1S/C7H9N3O3S/c1-9-6(11)5-3-2-4-10-7(5)14(8,12)13/h2-4H,1H3,(H,9,11)(H2,8,12,13)/i1D3. The maximum atomic E-state index is 11.5. The van der Waals surface area contributed by atoms with E-state index in [-0.39, 0.29) is 0 Å². The monoisotopic (exact) mass is 218 g/mol. The summed E-state index contributed by atoms with van der Waals surface area (Å²) in [4.78, 5) is 14.9. The smallest absolute Gasteiger partial charge is 0.256 e. The van der Waals surface area contributed by atoms with Crippen LogP contribution >= 0.6 is 0 Å². The Morgan fingerprint density at radius 3 is 3.00 bits per heavy atom. The van der Waals surface area contributed by atoms with Crippen LogP contribution in [0, 0.1) is 0 Å². The molecule has 0 radical (unpaired) electrons. The molecule has 7 heteroatoms. The topological polar surface area (TPSA) is 102 Å². The van der Waals surface area contributed by atoms with E-state index in [1.807, 2.05) is 0 Å². The Bertz CT molecular complexity index is 541. The molecule has 1 heterocycles. The van der Waals surface area contributed by atoms with Gasteiger partial charge in [0.1, 0.15) is 0 Å². The van der Waals surface area contributed by atoms with Gasteiger partial charge >= 0.3 is 0 Å². The summed E-state index contributed by atoms with van der Waals surface area (Å²) in [7, 11) is -4.19. The van der Waals surface area contributed by atoms with Crippen LogP contribution < -0.4 is 10.5 Å². The van der Waals surface area contributed by atoms with Gasteiger partial charge in [0.25, 0.3) is 15.9 Å². The highest BCUT2D eigenvalue weighted by atomic mass is 32.2. The molecule has 6 nitrogen and oxygen atoms in total. The lowest BCUT2D eigenvalue weighted by Crippen LogP contribution is -2.24. The van der Waals surface area contributed by atoms with Gasteiger partial charge in [-0.15, -0.1) is 0 Å². The third kappa shape index (κ3) is 2.06. The van der Waals surface area contributed by atoms with E-state index < -0.39 is 33.5 Å². The number of nitrogens with one attached hydrogen (secondary N) is 1. The van der Waals surface area contributed by atoms with Gasteiger partial charge in [-0.2, -0.15) is 0 Å². The molecule has 1 aromatic heterocycles. The van der Waals surface area contributed by atoms with Crippen molar-refractivity contribution in [3.05, 3.63) is 23.9 Å². The number of pyridine rings is 1. The molecule has 0 aliphatic rings. The molecule has 76 valence electrons. The lowest BCUT2D eigenvalue weighted by Gasteiger charge is -2.03. The molecule has 0 fully saturated rings. The maximum absolute atomic E-state index is 11.5. The number of hydrogen-bond acceptors (Lipinski definition) is 4. The van der Waals surface area contributed by atoms with E-state index in [1.165, 1.54) is 6.07 Å². The predicted molar refractivity (Wildman–Crippen MR) is 49.0 cm³/mol. The molecule has 0 unspecified atom stereocenters. The molecule has 0 atom stereocenters. The third-order valence-corrected chi connectivity index (χ3v) is 2.26. The Labute approximate surface area is 85.4 Å². The zero-order chi connectivity index (χ0) is 13.3. The summed E-state index contributed by atoms with van der Waals surface area (Å²) in [6, 6.07) is 2.41. The molecule has 1 aromatic rings. The number of sulfonamides is 1. The number of nitrogens with zero attached hydrogens (tertiary/aromatic N) is 1. The van der Waals surface area contributed by atoms with Gasteiger partial charge in [0.2, 0.25) is 0 Å².